The van der Waals surface area contributed by atoms with Gasteiger partial charge in [-0.2, -0.15) is 4.31 Å². The minimum Gasteiger partial charge on any atom is -0.507 e. The Morgan fingerprint density at radius 3 is 2.71 bits per heavy atom. The predicted molar refractivity (Wildman–Crippen MR) is 85.2 cm³/mol. The maximum Gasteiger partial charge on any atom is 0.339 e. The van der Waals surface area contributed by atoms with E-state index < -0.39 is 27.3 Å². The van der Waals surface area contributed by atoms with Crippen LogP contribution in [0, 0.1) is 0 Å². The van der Waals surface area contributed by atoms with Crippen LogP contribution in [0.2, 0.25) is 0 Å². The lowest BCUT2D eigenvalue weighted by atomic mass is 10.1. The minimum atomic E-state index is -3.89. The summed E-state index contributed by atoms with van der Waals surface area (Å²) in [6, 6.07) is 8.25. The number of sulfonamides is 1. The molecule has 1 saturated heterocycles. The summed E-state index contributed by atoms with van der Waals surface area (Å²) in [7, 11) is -3.89. The van der Waals surface area contributed by atoms with Gasteiger partial charge in [-0.25, -0.2) is 13.2 Å². The Hall–Kier alpha value is -2.45. The van der Waals surface area contributed by atoms with E-state index >= 15 is 0 Å². The van der Waals surface area contributed by atoms with Gasteiger partial charge in [0, 0.05) is 12.7 Å². The molecule has 1 aromatic heterocycles. The van der Waals surface area contributed by atoms with Crippen LogP contribution in [0.4, 0.5) is 0 Å². The SMILES string of the molecule is O=C(O)c1cc(S(=O)(=O)N2CCCC2c2ccccn2)ccc1O. The summed E-state index contributed by atoms with van der Waals surface area (Å²) < 4.78 is 27.2. The fourth-order valence-corrected chi connectivity index (χ4v) is 4.57. The summed E-state index contributed by atoms with van der Waals surface area (Å²) in [4.78, 5) is 15.2. The second-order valence-corrected chi connectivity index (χ2v) is 7.40. The molecule has 2 heterocycles. The maximum absolute atomic E-state index is 12.9. The summed E-state index contributed by atoms with van der Waals surface area (Å²) in [6.45, 7) is 0.340. The van der Waals surface area contributed by atoms with E-state index in [9.17, 15) is 18.3 Å². The monoisotopic (exact) mass is 348 g/mol. The van der Waals surface area contributed by atoms with Gasteiger partial charge in [0.1, 0.15) is 11.3 Å². The smallest absolute Gasteiger partial charge is 0.339 e. The van der Waals surface area contributed by atoms with Crippen molar-refractivity contribution in [3.8, 4) is 5.75 Å². The first-order valence-corrected chi connectivity index (χ1v) is 8.84. The first-order valence-electron chi connectivity index (χ1n) is 7.40. The lowest BCUT2D eigenvalue weighted by molar-refractivity contribution is 0.0693. The maximum atomic E-state index is 12.9. The Balaban J connectivity index is 2.01. The number of aromatic carboxylic acids is 1. The van der Waals surface area contributed by atoms with Crippen LogP contribution in [0.15, 0.2) is 47.5 Å². The molecule has 2 N–H and O–H groups in total. The molecule has 1 aliphatic heterocycles. The van der Waals surface area contributed by atoms with Gasteiger partial charge >= 0.3 is 5.97 Å². The summed E-state index contributed by atoms with van der Waals surface area (Å²) in [5, 5.41) is 18.6. The Morgan fingerprint density at radius 1 is 1.25 bits per heavy atom. The van der Waals surface area contributed by atoms with Gasteiger partial charge in [-0.05, 0) is 43.2 Å². The van der Waals surface area contributed by atoms with Crippen LogP contribution in [0.3, 0.4) is 0 Å². The van der Waals surface area contributed by atoms with E-state index in [1.54, 1.807) is 24.4 Å². The fraction of sp³-hybridized carbons (Fsp3) is 0.250. The largest absolute Gasteiger partial charge is 0.507 e. The number of pyridine rings is 1. The van der Waals surface area contributed by atoms with Crippen molar-refractivity contribution in [2.45, 2.75) is 23.8 Å². The van der Waals surface area contributed by atoms with Gasteiger partial charge in [-0.1, -0.05) is 6.07 Å². The van der Waals surface area contributed by atoms with E-state index in [0.29, 0.717) is 25.1 Å². The summed E-state index contributed by atoms with van der Waals surface area (Å²) >= 11 is 0. The summed E-state index contributed by atoms with van der Waals surface area (Å²) in [5.74, 6) is -1.85. The van der Waals surface area contributed by atoms with Gasteiger partial charge in [-0.3, -0.25) is 4.98 Å². The highest BCUT2D eigenvalue weighted by molar-refractivity contribution is 7.89. The van der Waals surface area contributed by atoms with Crippen LogP contribution in [-0.4, -0.2) is 40.4 Å². The Labute approximate surface area is 139 Å². The second kappa shape index (κ2) is 6.21. The molecule has 0 radical (unpaired) electrons. The lowest BCUT2D eigenvalue weighted by Crippen LogP contribution is -2.31. The zero-order valence-corrected chi connectivity index (χ0v) is 13.5. The molecule has 0 aliphatic carbocycles. The van der Waals surface area contributed by atoms with Crippen molar-refractivity contribution in [2.75, 3.05) is 6.54 Å². The molecule has 1 fully saturated rings. The zero-order valence-electron chi connectivity index (χ0n) is 12.7. The Morgan fingerprint density at radius 2 is 2.04 bits per heavy atom. The average molecular weight is 348 g/mol. The molecule has 0 amide bonds. The van der Waals surface area contributed by atoms with Crippen LogP contribution in [0.5, 0.6) is 5.75 Å². The number of nitrogens with zero attached hydrogens (tertiary/aromatic N) is 2. The van der Waals surface area contributed by atoms with E-state index in [-0.39, 0.29) is 10.9 Å². The number of hydrogen-bond acceptors (Lipinski definition) is 5. The van der Waals surface area contributed by atoms with Crippen molar-refractivity contribution in [1.29, 1.82) is 0 Å². The number of hydrogen-bond donors (Lipinski definition) is 2. The van der Waals surface area contributed by atoms with Gasteiger partial charge in [0.25, 0.3) is 0 Å². The van der Waals surface area contributed by atoms with Gasteiger partial charge in [0.15, 0.2) is 0 Å². The first-order chi connectivity index (χ1) is 11.4. The number of carbonyl (C=O) groups is 1. The van der Waals surface area contributed by atoms with E-state index in [2.05, 4.69) is 4.98 Å². The van der Waals surface area contributed by atoms with Gasteiger partial charge in [0.2, 0.25) is 10.0 Å². The van der Waals surface area contributed by atoms with Gasteiger partial charge in [0.05, 0.1) is 16.6 Å². The number of phenols is 1. The number of aromatic hydroxyl groups is 1. The van der Waals surface area contributed by atoms with Crippen molar-refractivity contribution in [3.63, 3.8) is 0 Å². The normalized spacial score (nSPS) is 18.6. The Kier molecular flexibility index (Phi) is 4.25. The third kappa shape index (κ3) is 2.85. The molecule has 0 saturated carbocycles. The number of carboxylic acids is 1. The lowest BCUT2D eigenvalue weighted by Gasteiger charge is -2.23. The molecule has 7 nitrogen and oxygen atoms in total. The molecular weight excluding hydrogens is 332 g/mol. The highest BCUT2D eigenvalue weighted by Crippen LogP contribution is 2.36. The van der Waals surface area contributed by atoms with E-state index in [1.807, 2.05) is 0 Å². The number of carboxylic acid groups (broad SMARTS) is 1. The van der Waals surface area contributed by atoms with Crippen LogP contribution in [0.25, 0.3) is 0 Å². The molecule has 1 aromatic carbocycles. The predicted octanol–water partition coefficient (Wildman–Crippen LogP) is 2.01. The molecule has 3 rings (SSSR count). The average Bonchev–Trinajstić information content (AvgIpc) is 3.06. The van der Waals surface area contributed by atoms with Crippen LogP contribution in [-0.2, 0) is 10.0 Å². The zero-order chi connectivity index (χ0) is 17.3. The number of benzene rings is 1. The van der Waals surface area contributed by atoms with E-state index in [4.69, 9.17) is 5.11 Å². The summed E-state index contributed by atoms with van der Waals surface area (Å²) in [6.07, 6.45) is 2.96. The van der Waals surface area contributed by atoms with Gasteiger partial charge in [-0.15, -0.1) is 0 Å². The third-order valence-electron chi connectivity index (χ3n) is 4.04. The van der Waals surface area contributed by atoms with Crippen LogP contribution < -0.4 is 0 Å². The van der Waals surface area contributed by atoms with Gasteiger partial charge < -0.3 is 10.2 Å². The molecular formula is C16H16N2O5S. The quantitative estimate of drug-likeness (QED) is 0.875. The fourth-order valence-electron chi connectivity index (χ4n) is 2.88. The minimum absolute atomic E-state index is 0.152. The number of aromatic nitrogens is 1. The van der Waals surface area contributed by atoms with E-state index in [0.717, 1.165) is 12.1 Å². The number of rotatable bonds is 4. The van der Waals surface area contributed by atoms with Crippen LogP contribution >= 0.6 is 0 Å². The molecule has 1 aliphatic rings. The molecule has 24 heavy (non-hydrogen) atoms. The molecule has 1 atom stereocenters. The van der Waals surface area contributed by atoms with Crippen LogP contribution in [0.1, 0.15) is 34.9 Å². The van der Waals surface area contributed by atoms with Crippen molar-refractivity contribution in [1.82, 2.24) is 9.29 Å². The highest BCUT2D eigenvalue weighted by Gasteiger charge is 2.37. The Bertz CT molecular complexity index is 867. The van der Waals surface area contributed by atoms with Crippen molar-refractivity contribution < 1.29 is 23.4 Å². The standard InChI is InChI=1S/C16H16N2O5S/c19-15-7-6-11(10-12(15)16(20)21)24(22,23)18-9-3-5-14(18)13-4-1-2-8-17-13/h1-2,4,6-8,10,14,19H,3,5,9H2,(H,20,21). The highest BCUT2D eigenvalue weighted by atomic mass is 32.2. The third-order valence-corrected chi connectivity index (χ3v) is 5.94. The topological polar surface area (TPSA) is 108 Å². The molecule has 8 heteroatoms. The first kappa shape index (κ1) is 16.4. The van der Waals surface area contributed by atoms with Crippen molar-refractivity contribution in [3.05, 3.63) is 53.9 Å². The van der Waals surface area contributed by atoms with E-state index in [1.165, 1.54) is 10.4 Å². The summed E-state index contributed by atoms with van der Waals surface area (Å²) in [5.41, 5.74) is 0.223. The molecule has 126 valence electrons. The second-order valence-electron chi connectivity index (χ2n) is 5.51. The molecule has 0 spiro atoms. The molecule has 0 bridgehead atoms. The molecule has 1 unspecified atom stereocenters. The van der Waals surface area contributed by atoms with Crippen molar-refractivity contribution >= 4 is 16.0 Å². The van der Waals surface area contributed by atoms with Crippen molar-refractivity contribution in [2.24, 2.45) is 0 Å². The molecule has 2 aromatic rings.